The van der Waals surface area contributed by atoms with Crippen LogP contribution in [-0.4, -0.2) is 28.8 Å². The summed E-state index contributed by atoms with van der Waals surface area (Å²) < 4.78 is 22.0. The van der Waals surface area contributed by atoms with E-state index in [1.54, 1.807) is 0 Å². The van der Waals surface area contributed by atoms with Crippen molar-refractivity contribution in [1.82, 2.24) is 14.2 Å². The summed E-state index contributed by atoms with van der Waals surface area (Å²) in [6.07, 6.45) is 2.06. The van der Waals surface area contributed by atoms with Crippen LogP contribution in [-0.2, 0) is 10.0 Å². The van der Waals surface area contributed by atoms with Crippen molar-refractivity contribution in [1.29, 1.82) is 0 Å². The van der Waals surface area contributed by atoms with Gasteiger partial charge < -0.3 is 5.73 Å². The van der Waals surface area contributed by atoms with E-state index in [9.17, 15) is 8.42 Å². The molecule has 0 bridgehead atoms. The lowest BCUT2D eigenvalue weighted by Crippen LogP contribution is -2.10. The van der Waals surface area contributed by atoms with E-state index in [1.165, 1.54) is 0 Å². The predicted molar refractivity (Wildman–Crippen MR) is 34.7 cm³/mol. The molecular weight excluding hydrogens is 156 g/mol. The molecule has 56 valence electrons. The van der Waals surface area contributed by atoms with Crippen molar-refractivity contribution in [3.8, 4) is 0 Å². The molecular formula is C3H6N4O2S. The SMILES string of the molecule is CS(=O)(=O)n1cnc(N)n1. The first-order chi connectivity index (χ1) is 4.50. The zero-order valence-electron chi connectivity index (χ0n) is 5.22. The first-order valence-corrected chi connectivity index (χ1v) is 4.22. The molecule has 0 unspecified atom stereocenters. The van der Waals surface area contributed by atoms with Gasteiger partial charge in [0.05, 0.1) is 6.26 Å². The molecule has 0 atom stereocenters. The van der Waals surface area contributed by atoms with Crippen LogP contribution in [0.5, 0.6) is 0 Å². The predicted octanol–water partition coefficient (Wildman–Crippen LogP) is -1.33. The number of hydrogen-bond acceptors (Lipinski definition) is 5. The quantitative estimate of drug-likeness (QED) is 0.552. The highest BCUT2D eigenvalue weighted by molar-refractivity contribution is 7.89. The van der Waals surface area contributed by atoms with E-state index in [0.29, 0.717) is 4.09 Å². The minimum absolute atomic E-state index is 0.0505. The Morgan fingerprint density at radius 1 is 1.70 bits per heavy atom. The molecule has 7 heteroatoms. The first-order valence-electron chi connectivity index (χ1n) is 2.38. The summed E-state index contributed by atoms with van der Waals surface area (Å²) >= 11 is 0. The molecule has 0 saturated heterocycles. The van der Waals surface area contributed by atoms with E-state index in [-0.39, 0.29) is 5.95 Å². The lowest BCUT2D eigenvalue weighted by molar-refractivity contribution is 0.586. The average Bonchev–Trinajstić information content (AvgIpc) is 2.11. The van der Waals surface area contributed by atoms with Crippen LogP contribution in [0.1, 0.15) is 0 Å². The van der Waals surface area contributed by atoms with Gasteiger partial charge in [-0.15, -0.1) is 9.19 Å². The Labute approximate surface area is 57.7 Å². The summed E-state index contributed by atoms with van der Waals surface area (Å²) in [7, 11) is -3.32. The highest BCUT2D eigenvalue weighted by atomic mass is 32.2. The van der Waals surface area contributed by atoms with Gasteiger partial charge >= 0.3 is 0 Å². The van der Waals surface area contributed by atoms with Gasteiger partial charge in [-0.3, -0.25) is 0 Å². The standard InChI is InChI=1S/C3H6N4O2S/c1-10(8,9)7-2-5-3(4)6-7/h2H,1H3,(H2,4,6). The van der Waals surface area contributed by atoms with Gasteiger partial charge in [-0.05, 0) is 0 Å². The van der Waals surface area contributed by atoms with Crippen molar-refractivity contribution in [3.63, 3.8) is 0 Å². The summed E-state index contributed by atoms with van der Waals surface area (Å²) in [5, 5.41) is 3.38. The lowest BCUT2D eigenvalue weighted by atomic mass is 11.1. The number of nitrogen functional groups attached to an aromatic ring is 1. The Bertz CT molecular complexity index is 326. The molecule has 0 saturated carbocycles. The number of anilines is 1. The molecule has 0 fully saturated rings. The topological polar surface area (TPSA) is 90.9 Å². The Hall–Kier alpha value is -1.11. The van der Waals surface area contributed by atoms with Gasteiger partial charge in [-0.1, -0.05) is 0 Å². The van der Waals surface area contributed by atoms with Crippen LogP contribution >= 0.6 is 0 Å². The molecule has 0 radical (unpaired) electrons. The van der Waals surface area contributed by atoms with E-state index in [1.807, 2.05) is 0 Å². The molecule has 0 aliphatic carbocycles. The molecule has 1 heterocycles. The number of hydrogen-bond donors (Lipinski definition) is 1. The zero-order valence-corrected chi connectivity index (χ0v) is 6.04. The van der Waals surface area contributed by atoms with Crippen molar-refractivity contribution in [3.05, 3.63) is 6.33 Å². The summed E-state index contributed by atoms with van der Waals surface area (Å²) in [6, 6.07) is 0. The number of rotatable bonds is 1. The van der Waals surface area contributed by atoms with Crippen molar-refractivity contribution in [2.24, 2.45) is 0 Å². The molecule has 1 aromatic heterocycles. The number of aromatic nitrogens is 3. The summed E-state index contributed by atoms with van der Waals surface area (Å²) in [5.74, 6) is -0.0505. The Morgan fingerprint density at radius 3 is 2.50 bits per heavy atom. The second-order valence-corrected chi connectivity index (χ2v) is 3.58. The molecule has 0 amide bonds. The normalized spacial score (nSPS) is 11.7. The Balaban J connectivity index is 3.21. The lowest BCUT2D eigenvalue weighted by Gasteiger charge is -1.91. The molecule has 6 nitrogen and oxygen atoms in total. The molecule has 10 heavy (non-hydrogen) atoms. The van der Waals surface area contributed by atoms with Crippen molar-refractivity contribution in [2.45, 2.75) is 0 Å². The van der Waals surface area contributed by atoms with Crippen molar-refractivity contribution < 1.29 is 8.42 Å². The third kappa shape index (κ3) is 1.24. The fourth-order valence-corrected chi connectivity index (χ4v) is 0.871. The van der Waals surface area contributed by atoms with Crippen LogP contribution in [0.4, 0.5) is 5.95 Å². The summed E-state index contributed by atoms with van der Waals surface area (Å²) in [6.45, 7) is 0. The van der Waals surface area contributed by atoms with E-state index < -0.39 is 10.0 Å². The smallest absolute Gasteiger partial charge is 0.252 e. The summed E-state index contributed by atoms with van der Waals surface area (Å²) in [5.41, 5.74) is 5.07. The van der Waals surface area contributed by atoms with Crippen molar-refractivity contribution >= 4 is 16.0 Å². The van der Waals surface area contributed by atoms with Crippen molar-refractivity contribution in [2.75, 3.05) is 12.0 Å². The third-order valence-electron chi connectivity index (χ3n) is 0.830. The van der Waals surface area contributed by atoms with Crippen LogP contribution in [0.25, 0.3) is 0 Å². The van der Waals surface area contributed by atoms with Gasteiger partial charge in [0.25, 0.3) is 10.0 Å². The molecule has 0 aliphatic heterocycles. The highest BCUT2D eigenvalue weighted by Gasteiger charge is 2.05. The molecule has 0 spiro atoms. The fraction of sp³-hybridized carbons (Fsp3) is 0.333. The van der Waals surface area contributed by atoms with E-state index in [2.05, 4.69) is 10.1 Å². The average molecular weight is 162 g/mol. The van der Waals surface area contributed by atoms with E-state index >= 15 is 0 Å². The van der Waals surface area contributed by atoms with Gasteiger partial charge in [-0.25, -0.2) is 8.42 Å². The van der Waals surface area contributed by atoms with E-state index in [4.69, 9.17) is 5.73 Å². The second kappa shape index (κ2) is 1.94. The number of nitrogens with two attached hydrogens (primary N) is 1. The number of nitrogens with zero attached hydrogens (tertiary/aromatic N) is 3. The third-order valence-corrected chi connectivity index (χ3v) is 1.69. The molecule has 2 N–H and O–H groups in total. The monoisotopic (exact) mass is 162 g/mol. The van der Waals surface area contributed by atoms with Gasteiger partial charge in [0.15, 0.2) is 0 Å². The van der Waals surface area contributed by atoms with Gasteiger partial charge in [0.2, 0.25) is 5.95 Å². The second-order valence-electron chi connectivity index (χ2n) is 1.74. The molecule has 0 aliphatic rings. The maximum Gasteiger partial charge on any atom is 0.252 e. The van der Waals surface area contributed by atoms with Crippen LogP contribution < -0.4 is 5.73 Å². The maximum atomic E-state index is 10.7. The van der Waals surface area contributed by atoms with E-state index in [0.717, 1.165) is 12.6 Å². The van der Waals surface area contributed by atoms with Crippen LogP contribution in [0, 0.1) is 0 Å². The molecule has 1 rings (SSSR count). The highest BCUT2D eigenvalue weighted by Crippen LogP contribution is 1.92. The maximum absolute atomic E-state index is 10.7. The largest absolute Gasteiger partial charge is 0.366 e. The van der Waals surface area contributed by atoms with Crippen LogP contribution in [0.15, 0.2) is 6.33 Å². The zero-order chi connectivity index (χ0) is 7.78. The Kier molecular flexibility index (Phi) is 1.36. The molecule has 1 aromatic rings. The summed E-state index contributed by atoms with van der Waals surface area (Å²) in [4.78, 5) is 3.43. The first kappa shape index (κ1) is 7.00. The van der Waals surface area contributed by atoms with Gasteiger partial charge in [0, 0.05) is 0 Å². The van der Waals surface area contributed by atoms with Gasteiger partial charge in [0.1, 0.15) is 6.33 Å². The molecule has 0 aromatic carbocycles. The fourth-order valence-electron chi connectivity index (χ4n) is 0.421. The van der Waals surface area contributed by atoms with Gasteiger partial charge in [-0.2, -0.15) is 4.98 Å². The van der Waals surface area contributed by atoms with Crippen LogP contribution in [0.3, 0.4) is 0 Å². The minimum Gasteiger partial charge on any atom is -0.366 e. The minimum atomic E-state index is -3.32. The van der Waals surface area contributed by atoms with Crippen LogP contribution in [0.2, 0.25) is 0 Å². The Morgan fingerprint density at radius 2 is 2.30 bits per heavy atom.